The largest absolute Gasteiger partial charge is 0.314 e. The lowest BCUT2D eigenvalue weighted by Crippen LogP contribution is -2.24. The van der Waals surface area contributed by atoms with Crippen molar-refractivity contribution in [3.63, 3.8) is 0 Å². The van der Waals surface area contributed by atoms with E-state index < -0.39 is 6.67 Å². The Morgan fingerprint density at radius 2 is 2.33 bits per heavy atom. The van der Waals surface area contributed by atoms with Crippen molar-refractivity contribution in [2.75, 3.05) is 6.54 Å². The summed E-state index contributed by atoms with van der Waals surface area (Å²) in [6.07, 6.45) is 3.29. The maximum atomic E-state index is 12.8. The van der Waals surface area contributed by atoms with Crippen LogP contribution in [0.15, 0.2) is 18.2 Å². The Hall–Kier alpha value is -0.600. The minimum atomic E-state index is -0.471. The molecule has 0 saturated carbocycles. The Morgan fingerprint density at radius 1 is 1.47 bits per heavy atom. The third-order valence-corrected chi connectivity index (χ3v) is 3.33. The predicted octanol–water partition coefficient (Wildman–Crippen LogP) is 3.10. The highest BCUT2D eigenvalue weighted by Crippen LogP contribution is 2.23. The fourth-order valence-corrected chi connectivity index (χ4v) is 2.39. The van der Waals surface area contributed by atoms with Crippen molar-refractivity contribution >= 4 is 11.6 Å². The van der Waals surface area contributed by atoms with Gasteiger partial charge in [-0.2, -0.15) is 0 Å². The second-order valence-electron chi connectivity index (χ2n) is 4.01. The molecule has 1 heterocycles. The van der Waals surface area contributed by atoms with Crippen molar-refractivity contribution in [1.82, 2.24) is 5.32 Å². The second-order valence-corrected chi connectivity index (χ2v) is 4.42. The predicted molar refractivity (Wildman–Crippen MR) is 61.0 cm³/mol. The molecule has 3 heteroatoms. The van der Waals surface area contributed by atoms with Crippen molar-refractivity contribution in [3.05, 3.63) is 34.3 Å². The zero-order chi connectivity index (χ0) is 10.7. The van der Waals surface area contributed by atoms with Crippen LogP contribution in [0.2, 0.25) is 5.02 Å². The quantitative estimate of drug-likeness (QED) is 0.837. The molecule has 1 aromatic carbocycles. The van der Waals surface area contributed by atoms with Crippen LogP contribution in [0.25, 0.3) is 0 Å². The highest BCUT2D eigenvalue weighted by molar-refractivity contribution is 6.31. The Morgan fingerprint density at radius 3 is 3.00 bits per heavy atom. The van der Waals surface area contributed by atoms with Gasteiger partial charge in [0.25, 0.3) is 0 Å². The number of rotatable bonds is 3. The zero-order valence-electron chi connectivity index (χ0n) is 8.60. The summed E-state index contributed by atoms with van der Waals surface area (Å²) in [6.45, 7) is 0.609. The van der Waals surface area contributed by atoms with Gasteiger partial charge in [0.05, 0.1) is 0 Å². The van der Waals surface area contributed by atoms with Gasteiger partial charge in [0.2, 0.25) is 0 Å². The van der Waals surface area contributed by atoms with Gasteiger partial charge in [0.15, 0.2) is 0 Å². The van der Waals surface area contributed by atoms with Crippen molar-refractivity contribution in [2.45, 2.75) is 32.0 Å². The molecule has 1 nitrogen and oxygen atoms in total. The lowest BCUT2D eigenvalue weighted by molar-refractivity contribution is 0.479. The number of benzene rings is 1. The fourth-order valence-electron chi connectivity index (χ4n) is 2.14. The Bertz CT molecular complexity index is 334. The van der Waals surface area contributed by atoms with Gasteiger partial charge >= 0.3 is 0 Å². The smallest absolute Gasteiger partial charge is 0.116 e. The van der Waals surface area contributed by atoms with E-state index in [-0.39, 0.29) is 0 Å². The van der Waals surface area contributed by atoms with Crippen molar-refractivity contribution < 1.29 is 4.39 Å². The van der Waals surface area contributed by atoms with E-state index in [9.17, 15) is 4.39 Å². The maximum Gasteiger partial charge on any atom is 0.116 e. The molecule has 1 aliphatic rings. The normalized spacial score (nSPS) is 20.8. The molecule has 0 radical (unpaired) electrons. The van der Waals surface area contributed by atoms with Gasteiger partial charge in [0.1, 0.15) is 6.67 Å². The van der Waals surface area contributed by atoms with Crippen LogP contribution in [0, 0.1) is 0 Å². The number of nitrogens with one attached hydrogen (secondary N) is 1. The van der Waals surface area contributed by atoms with Gasteiger partial charge in [0, 0.05) is 16.6 Å². The van der Waals surface area contributed by atoms with Crippen LogP contribution in [-0.2, 0) is 13.1 Å². The number of hydrogen-bond acceptors (Lipinski definition) is 1. The van der Waals surface area contributed by atoms with Crippen LogP contribution in [0.1, 0.15) is 24.0 Å². The van der Waals surface area contributed by atoms with E-state index in [1.165, 1.54) is 12.8 Å². The number of alkyl halides is 1. The van der Waals surface area contributed by atoms with E-state index in [1.807, 2.05) is 12.1 Å². The van der Waals surface area contributed by atoms with Gasteiger partial charge in [-0.1, -0.05) is 23.7 Å². The maximum absolute atomic E-state index is 12.8. The molecule has 2 rings (SSSR count). The zero-order valence-corrected chi connectivity index (χ0v) is 9.36. The van der Waals surface area contributed by atoms with Crippen molar-refractivity contribution in [3.8, 4) is 0 Å². The van der Waals surface area contributed by atoms with Crippen LogP contribution < -0.4 is 5.32 Å². The Balaban J connectivity index is 2.15. The molecule has 1 aliphatic heterocycles. The summed E-state index contributed by atoms with van der Waals surface area (Å²) in [4.78, 5) is 0. The molecular weight excluding hydrogens is 213 g/mol. The SMILES string of the molecule is FCc1c(Cl)cccc1CC1CCCN1. The first-order valence-corrected chi connectivity index (χ1v) is 5.74. The summed E-state index contributed by atoms with van der Waals surface area (Å²) < 4.78 is 12.8. The van der Waals surface area contributed by atoms with Crippen LogP contribution >= 0.6 is 11.6 Å². The monoisotopic (exact) mass is 227 g/mol. The second kappa shape index (κ2) is 4.95. The average Bonchev–Trinajstić information content (AvgIpc) is 2.71. The molecule has 0 bridgehead atoms. The van der Waals surface area contributed by atoms with E-state index in [4.69, 9.17) is 11.6 Å². The highest BCUT2D eigenvalue weighted by atomic mass is 35.5. The fraction of sp³-hybridized carbons (Fsp3) is 0.500. The van der Waals surface area contributed by atoms with E-state index in [0.717, 1.165) is 18.5 Å². The third-order valence-electron chi connectivity index (χ3n) is 2.98. The van der Waals surface area contributed by atoms with E-state index in [1.54, 1.807) is 6.07 Å². The lowest BCUT2D eigenvalue weighted by Gasteiger charge is -2.13. The van der Waals surface area contributed by atoms with E-state index in [2.05, 4.69) is 5.32 Å². The first kappa shape index (κ1) is 10.9. The minimum Gasteiger partial charge on any atom is -0.314 e. The first-order valence-electron chi connectivity index (χ1n) is 5.37. The van der Waals surface area contributed by atoms with Crippen LogP contribution in [-0.4, -0.2) is 12.6 Å². The molecule has 1 N–H and O–H groups in total. The van der Waals surface area contributed by atoms with Crippen molar-refractivity contribution in [2.24, 2.45) is 0 Å². The van der Waals surface area contributed by atoms with Crippen molar-refractivity contribution in [1.29, 1.82) is 0 Å². The molecule has 15 heavy (non-hydrogen) atoms. The molecular formula is C12H15ClFN. The highest BCUT2D eigenvalue weighted by Gasteiger charge is 2.16. The van der Waals surface area contributed by atoms with E-state index >= 15 is 0 Å². The van der Waals surface area contributed by atoms with Gasteiger partial charge in [-0.05, 0) is 37.4 Å². The molecule has 0 amide bonds. The summed E-state index contributed by atoms with van der Waals surface area (Å²) in [6, 6.07) is 6.11. The molecule has 0 aromatic heterocycles. The lowest BCUT2D eigenvalue weighted by atomic mass is 10.00. The standard InChI is InChI=1S/C12H15ClFN/c13-12-5-1-3-9(11(12)8-14)7-10-4-2-6-15-10/h1,3,5,10,15H,2,4,6-8H2. The average molecular weight is 228 g/mol. The summed E-state index contributed by atoms with van der Waals surface area (Å²) in [5.74, 6) is 0. The van der Waals surface area contributed by atoms with Gasteiger partial charge in [-0.3, -0.25) is 0 Å². The molecule has 1 atom stereocenters. The van der Waals surface area contributed by atoms with Crippen LogP contribution in [0.4, 0.5) is 4.39 Å². The summed E-state index contributed by atoms with van der Waals surface area (Å²) in [5.41, 5.74) is 1.71. The van der Waals surface area contributed by atoms with Crippen LogP contribution in [0.5, 0.6) is 0 Å². The van der Waals surface area contributed by atoms with E-state index in [0.29, 0.717) is 16.6 Å². The molecule has 0 spiro atoms. The molecule has 0 aliphatic carbocycles. The molecule has 1 fully saturated rings. The molecule has 1 unspecified atom stereocenters. The third kappa shape index (κ3) is 2.50. The summed E-state index contributed by atoms with van der Waals surface area (Å²) in [5, 5.41) is 3.96. The summed E-state index contributed by atoms with van der Waals surface area (Å²) in [7, 11) is 0. The number of halogens is 2. The minimum absolute atomic E-state index is 0.471. The Labute approximate surface area is 94.6 Å². The molecule has 82 valence electrons. The molecule has 1 aromatic rings. The van der Waals surface area contributed by atoms with Gasteiger partial charge in [-0.15, -0.1) is 0 Å². The Kier molecular flexibility index (Phi) is 3.60. The van der Waals surface area contributed by atoms with Gasteiger partial charge < -0.3 is 5.32 Å². The summed E-state index contributed by atoms with van der Waals surface area (Å²) >= 11 is 5.95. The van der Waals surface area contributed by atoms with Gasteiger partial charge in [-0.25, -0.2) is 4.39 Å². The topological polar surface area (TPSA) is 12.0 Å². The molecule has 1 saturated heterocycles. The first-order chi connectivity index (χ1) is 7.31. The van der Waals surface area contributed by atoms with Crippen LogP contribution in [0.3, 0.4) is 0 Å². The number of hydrogen-bond donors (Lipinski definition) is 1.